The highest BCUT2D eigenvalue weighted by molar-refractivity contribution is 9.10. The third-order valence-electron chi connectivity index (χ3n) is 2.92. The summed E-state index contributed by atoms with van der Waals surface area (Å²) in [5.74, 6) is -0.472. The average molecular weight is 390 g/mol. The summed E-state index contributed by atoms with van der Waals surface area (Å²) in [5.41, 5.74) is 1.05. The SMILES string of the molecule is CCOc1cc(C#N)cc(Br)c1OC(=O)/C=C/c1ccc(F)cc1. The van der Waals surface area contributed by atoms with Crippen LogP contribution in [-0.2, 0) is 4.79 Å². The van der Waals surface area contributed by atoms with Gasteiger partial charge in [-0.25, -0.2) is 9.18 Å². The number of carbonyl (C=O) groups is 1. The Hall–Kier alpha value is -2.65. The molecule has 0 amide bonds. The van der Waals surface area contributed by atoms with Gasteiger partial charge in [0.05, 0.1) is 22.7 Å². The van der Waals surface area contributed by atoms with E-state index in [1.54, 1.807) is 19.1 Å². The highest BCUT2D eigenvalue weighted by atomic mass is 79.9. The number of nitriles is 1. The van der Waals surface area contributed by atoms with Crippen LogP contribution in [-0.4, -0.2) is 12.6 Å². The van der Waals surface area contributed by atoms with Crippen LogP contribution in [0.1, 0.15) is 18.1 Å². The van der Waals surface area contributed by atoms with Crippen molar-refractivity contribution >= 4 is 28.0 Å². The van der Waals surface area contributed by atoms with Crippen LogP contribution in [0.2, 0.25) is 0 Å². The van der Waals surface area contributed by atoms with E-state index in [-0.39, 0.29) is 11.6 Å². The molecule has 0 unspecified atom stereocenters. The number of rotatable bonds is 5. The molecule has 4 nitrogen and oxygen atoms in total. The molecule has 0 spiro atoms. The normalized spacial score (nSPS) is 10.4. The van der Waals surface area contributed by atoms with Crippen molar-refractivity contribution in [3.63, 3.8) is 0 Å². The van der Waals surface area contributed by atoms with Crippen molar-refractivity contribution in [3.05, 3.63) is 63.9 Å². The smallest absolute Gasteiger partial charge is 0.336 e. The van der Waals surface area contributed by atoms with Gasteiger partial charge in [-0.1, -0.05) is 12.1 Å². The molecule has 0 saturated heterocycles. The van der Waals surface area contributed by atoms with Gasteiger partial charge in [0.1, 0.15) is 5.82 Å². The fraction of sp³-hybridized carbons (Fsp3) is 0.111. The molecule has 0 aromatic heterocycles. The van der Waals surface area contributed by atoms with Crippen LogP contribution in [0.4, 0.5) is 4.39 Å². The minimum Gasteiger partial charge on any atom is -0.490 e. The second-order valence-corrected chi connectivity index (χ2v) is 5.49. The molecule has 0 atom stereocenters. The van der Waals surface area contributed by atoms with Crippen LogP contribution < -0.4 is 9.47 Å². The summed E-state index contributed by atoms with van der Waals surface area (Å²) in [6.07, 6.45) is 2.74. The van der Waals surface area contributed by atoms with Gasteiger partial charge in [-0.05, 0) is 52.7 Å². The van der Waals surface area contributed by atoms with Gasteiger partial charge in [0, 0.05) is 12.1 Å². The van der Waals surface area contributed by atoms with Crippen molar-refractivity contribution < 1.29 is 18.7 Å². The van der Waals surface area contributed by atoms with Crippen LogP contribution in [0.3, 0.4) is 0 Å². The van der Waals surface area contributed by atoms with Gasteiger partial charge in [0.2, 0.25) is 0 Å². The van der Waals surface area contributed by atoms with Crippen LogP contribution in [0.5, 0.6) is 11.5 Å². The molecule has 0 aliphatic carbocycles. The molecule has 24 heavy (non-hydrogen) atoms. The lowest BCUT2D eigenvalue weighted by molar-refractivity contribution is -0.129. The van der Waals surface area contributed by atoms with Gasteiger partial charge < -0.3 is 9.47 Å². The molecule has 2 aromatic rings. The third kappa shape index (κ3) is 4.67. The zero-order chi connectivity index (χ0) is 17.5. The molecule has 122 valence electrons. The minimum atomic E-state index is -0.620. The number of nitrogens with zero attached hydrogens (tertiary/aromatic N) is 1. The number of hydrogen-bond donors (Lipinski definition) is 0. The van der Waals surface area contributed by atoms with Gasteiger partial charge in [0.15, 0.2) is 11.5 Å². The Morgan fingerprint density at radius 3 is 2.67 bits per heavy atom. The van der Waals surface area contributed by atoms with E-state index in [0.29, 0.717) is 28.0 Å². The van der Waals surface area contributed by atoms with E-state index >= 15 is 0 Å². The van der Waals surface area contributed by atoms with Crippen LogP contribution in [0.25, 0.3) is 6.08 Å². The Bertz CT molecular complexity index is 810. The van der Waals surface area contributed by atoms with Crippen molar-refractivity contribution in [1.29, 1.82) is 5.26 Å². The molecule has 6 heteroatoms. The predicted octanol–water partition coefficient (Wildman–Crippen LogP) is 4.48. The zero-order valence-electron chi connectivity index (χ0n) is 12.8. The number of ether oxygens (including phenoxy) is 2. The standard InChI is InChI=1S/C18H13BrFNO3/c1-2-23-16-10-13(11-21)9-15(19)18(16)24-17(22)8-5-12-3-6-14(20)7-4-12/h3-10H,2H2,1H3/b8-5+. The molecule has 0 radical (unpaired) electrons. The average Bonchev–Trinajstić information content (AvgIpc) is 2.57. The highest BCUT2D eigenvalue weighted by Crippen LogP contribution is 2.37. The first-order valence-electron chi connectivity index (χ1n) is 7.05. The molecule has 2 aromatic carbocycles. The topological polar surface area (TPSA) is 59.3 Å². The Balaban J connectivity index is 2.19. The largest absolute Gasteiger partial charge is 0.490 e. The molecule has 0 bridgehead atoms. The number of benzene rings is 2. The van der Waals surface area contributed by atoms with Gasteiger partial charge in [0.25, 0.3) is 0 Å². The van der Waals surface area contributed by atoms with Gasteiger partial charge >= 0.3 is 5.97 Å². The highest BCUT2D eigenvalue weighted by Gasteiger charge is 2.15. The summed E-state index contributed by atoms with van der Waals surface area (Å²) in [6, 6.07) is 10.7. The maximum absolute atomic E-state index is 12.8. The summed E-state index contributed by atoms with van der Waals surface area (Å²) in [6.45, 7) is 2.14. The molecule has 0 fully saturated rings. The molecule has 2 rings (SSSR count). The molecular formula is C18H13BrFNO3. The fourth-order valence-electron chi connectivity index (χ4n) is 1.87. The first-order valence-corrected chi connectivity index (χ1v) is 7.84. The summed E-state index contributed by atoms with van der Waals surface area (Å²) >= 11 is 3.27. The number of carbonyl (C=O) groups excluding carboxylic acids is 1. The minimum absolute atomic E-state index is 0.199. The molecule has 0 aliphatic rings. The monoisotopic (exact) mass is 389 g/mol. The van der Waals surface area contributed by atoms with E-state index < -0.39 is 5.97 Å². The number of esters is 1. The summed E-state index contributed by atoms with van der Waals surface area (Å²) in [4.78, 5) is 12.0. The lowest BCUT2D eigenvalue weighted by Gasteiger charge is -2.11. The summed E-state index contributed by atoms with van der Waals surface area (Å²) < 4.78 is 24.0. The van der Waals surface area contributed by atoms with E-state index in [9.17, 15) is 9.18 Å². The van der Waals surface area contributed by atoms with Gasteiger partial charge in [-0.3, -0.25) is 0 Å². The first kappa shape index (κ1) is 17.7. The molecule has 0 N–H and O–H groups in total. The second-order valence-electron chi connectivity index (χ2n) is 4.64. The quantitative estimate of drug-likeness (QED) is 0.429. The number of hydrogen-bond acceptors (Lipinski definition) is 4. The Morgan fingerprint density at radius 1 is 1.33 bits per heavy atom. The number of halogens is 2. The molecular weight excluding hydrogens is 377 g/mol. The van der Waals surface area contributed by atoms with E-state index in [1.165, 1.54) is 36.4 Å². The second kappa shape index (κ2) is 8.27. The third-order valence-corrected chi connectivity index (χ3v) is 3.51. The van der Waals surface area contributed by atoms with E-state index in [1.807, 2.05) is 6.07 Å². The van der Waals surface area contributed by atoms with Crippen LogP contribution >= 0.6 is 15.9 Å². The lowest BCUT2D eigenvalue weighted by Crippen LogP contribution is -2.07. The summed E-state index contributed by atoms with van der Waals surface area (Å²) in [5, 5.41) is 8.99. The maximum atomic E-state index is 12.8. The van der Waals surface area contributed by atoms with Crippen molar-refractivity contribution in [2.24, 2.45) is 0 Å². The van der Waals surface area contributed by atoms with Crippen molar-refractivity contribution in [1.82, 2.24) is 0 Å². The Morgan fingerprint density at radius 2 is 2.04 bits per heavy atom. The Labute approximate surface area is 147 Å². The molecule has 0 saturated carbocycles. The zero-order valence-corrected chi connectivity index (χ0v) is 14.3. The van der Waals surface area contributed by atoms with Gasteiger partial charge in [-0.2, -0.15) is 5.26 Å². The van der Waals surface area contributed by atoms with Gasteiger partial charge in [-0.15, -0.1) is 0 Å². The van der Waals surface area contributed by atoms with Crippen molar-refractivity contribution in [3.8, 4) is 17.6 Å². The predicted molar refractivity (Wildman–Crippen MR) is 91.1 cm³/mol. The van der Waals surface area contributed by atoms with E-state index in [2.05, 4.69) is 15.9 Å². The Kier molecular flexibility index (Phi) is 6.10. The molecule has 0 aliphatic heterocycles. The van der Waals surface area contributed by atoms with Crippen molar-refractivity contribution in [2.45, 2.75) is 6.92 Å². The fourth-order valence-corrected chi connectivity index (χ4v) is 2.39. The first-order chi connectivity index (χ1) is 11.5. The maximum Gasteiger partial charge on any atom is 0.336 e. The van der Waals surface area contributed by atoms with Crippen LogP contribution in [0, 0.1) is 17.1 Å². The van der Waals surface area contributed by atoms with Crippen LogP contribution in [0.15, 0.2) is 46.9 Å². The summed E-state index contributed by atoms with van der Waals surface area (Å²) in [7, 11) is 0. The van der Waals surface area contributed by atoms with E-state index in [0.717, 1.165) is 0 Å². The lowest BCUT2D eigenvalue weighted by atomic mass is 10.2. The van der Waals surface area contributed by atoms with E-state index in [4.69, 9.17) is 14.7 Å². The van der Waals surface area contributed by atoms with Crippen molar-refractivity contribution in [2.75, 3.05) is 6.61 Å². The molecule has 0 heterocycles.